The molecule has 0 bridgehead atoms. The van der Waals surface area contributed by atoms with E-state index in [4.69, 9.17) is 0 Å². The Balaban J connectivity index is 1.86. The number of nitrogens with one attached hydrogen (secondary N) is 2. The van der Waals surface area contributed by atoms with Gasteiger partial charge in [-0.25, -0.2) is 17.5 Å². The number of halogens is 1. The van der Waals surface area contributed by atoms with E-state index in [1.165, 1.54) is 0 Å². The molecular weight excluding hydrogens is 309 g/mol. The van der Waals surface area contributed by atoms with Crippen LogP contribution in [0.25, 0.3) is 0 Å². The number of sulfonamides is 1. The molecule has 0 saturated heterocycles. The molecule has 0 spiro atoms. The minimum Gasteiger partial charge on any atom is -0.351 e. The molecule has 1 aromatic heterocycles. The maximum Gasteiger partial charge on any atom is 0.241 e. The Hall–Kier alpha value is -2.32. The summed E-state index contributed by atoms with van der Waals surface area (Å²) in [5.41, 5.74) is 0.803. The van der Waals surface area contributed by atoms with Crippen LogP contribution in [0.3, 0.4) is 0 Å². The standard InChI is InChI=1S/C14H14FN3O3S/c15-12-3-5-13(6-4-12)22(20,21)18-10-14(19)17-9-11-2-1-7-16-8-11/h1-8,18H,9-10H2,(H,17,19). The summed E-state index contributed by atoms with van der Waals surface area (Å²) >= 11 is 0. The largest absolute Gasteiger partial charge is 0.351 e. The summed E-state index contributed by atoms with van der Waals surface area (Å²) in [5, 5.41) is 2.57. The van der Waals surface area contributed by atoms with Gasteiger partial charge in [-0.05, 0) is 35.9 Å². The van der Waals surface area contributed by atoms with Gasteiger partial charge in [0, 0.05) is 18.9 Å². The van der Waals surface area contributed by atoms with Crippen molar-refractivity contribution in [3.05, 3.63) is 60.2 Å². The number of benzene rings is 1. The van der Waals surface area contributed by atoms with Gasteiger partial charge in [-0.1, -0.05) is 6.07 Å². The summed E-state index contributed by atoms with van der Waals surface area (Å²) in [5.74, 6) is -1.01. The van der Waals surface area contributed by atoms with Crippen molar-refractivity contribution < 1.29 is 17.6 Å². The van der Waals surface area contributed by atoms with E-state index in [9.17, 15) is 17.6 Å². The maximum absolute atomic E-state index is 12.8. The van der Waals surface area contributed by atoms with Gasteiger partial charge in [0.2, 0.25) is 15.9 Å². The van der Waals surface area contributed by atoms with Crippen LogP contribution in [0.15, 0.2) is 53.7 Å². The topological polar surface area (TPSA) is 88.2 Å². The summed E-state index contributed by atoms with van der Waals surface area (Å²) in [4.78, 5) is 15.4. The fraction of sp³-hybridized carbons (Fsp3) is 0.143. The highest BCUT2D eigenvalue weighted by Gasteiger charge is 2.15. The molecule has 0 atom stereocenters. The Labute approximate surface area is 127 Å². The summed E-state index contributed by atoms with van der Waals surface area (Å²) in [6.07, 6.45) is 3.21. The Morgan fingerprint density at radius 2 is 1.91 bits per heavy atom. The first-order valence-corrected chi connectivity index (χ1v) is 7.86. The van der Waals surface area contributed by atoms with Crippen molar-refractivity contribution in [1.29, 1.82) is 0 Å². The average Bonchev–Trinajstić information content (AvgIpc) is 2.52. The zero-order valence-electron chi connectivity index (χ0n) is 11.5. The van der Waals surface area contributed by atoms with Crippen LogP contribution < -0.4 is 10.0 Å². The van der Waals surface area contributed by atoms with E-state index in [1.54, 1.807) is 24.5 Å². The number of nitrogens with zero attached hydrogens (tertiary/aromatic N) is 1. The third kappa shape index (κ3) is 4.61. The van der Waals surface area contributed by atoms with Crippen LogP contribution in [-0.4, -0.2) is 25.9 Å². The summed E-state index contributed by atoms with van der Waals surface area (Å²) in [7, 11) is -3.84. The van der Waals surface area contributed by atoms with Gasteiger partial charge in [0.05, 0.1) is 11.4 Å². The van der Waals surface area contributed by atoms with E-state index in [0.717, 1.165) is 29.8 Å². The first-order valence-electron chi connectivity index (χ1n) is 6.38. The first-order chi connectivity index (χ1) is 10.5. The summed E-state index contributed by atoms with van der Waals surface area (Å²) in [6.45, 7) is -0.148. The second-order valence-electron chi connectivity index (χ2n) is 4.42. The van der Waals surface area contributed by atoms with E-state index >= 15 is 0 Å². The van der Waals surface area contributed by atoms with E-state index in [2.05, 4.69) is 15.0 Å². The molecule has 22 heavy (non-hydrogen) atoms. The maximum atomic E-state index is 12.8. The molecule has 2 N–H and O–H groups in total. The Morgan fingerprint density at radius 1 is 1.18 bits per heavy atom. The van der Waals surface area contributed by atoms with Gasteiger partial charge in [-0.3, -0.25) is 9.78 Å². The lowest BCUT2D eigenvalue weighted by Crippen LogP contribution is -2.36. The molecule has 2 rings (SSSR count). The van der Waals surface area contributed by atoms with Crippen LogP contribution in [0.4, 0.5) is 4.39 Å². The molecule has 0 aliphatic rings. The summed E-state index contributed by atoms with van der Waals surface area (Å²) in [6, 6.07) is 7.86. The molecule has 6 nitrogen and oxygen atoms in total. The number of hydrogen-bond acceptors (Lipinski definition) is 4. The molecule has 0 radical (unpaired) electrons. The van der Waals surface area contributed by atoms with Crippen molar-refractivity contribution in [3.8, 4) is 0 Å². The normalized spacial score (nSPS) is 11.1. The van der Waals surface area contributed by atoms with Crippen molar-refractivity contribution >= 4 is 15.9 Å². The van der Waals surface area contributed by atoms with E-state index in [1.807, 2.05) is 0 Å². The smallest absolute Gasteiger partial charge is 0.241 e. The molecule has 116 valence electrons. The number of carbonyl (C=O) groups excluding carboxylic acids is 1. The number of pyridine rings is 1. The molecule has 0 aliphatic carbocycles. The minimum atomic E-state index is -3.84. The molecule has 0 aliphatic heterocycles. The van der Waals surface area contributed by atoms with Crippen LogP contribution >= 0.6 is 0 Å². The van der Waals surface area contributed by atoms with Crippen LogP contribution in [0, 0.1) is 5.82 Å². The van der Waals surface area contributed by atoms with Crippen molar-refractivity contribution in [2.75, 3.05) is 6.54 Å². The van der Waals surface area contributed by atoms with Crippen molar-refractivity contribution in [2.24, 2.45) is 0 Å². The van der Waals surface area contributed by atoms with Crippen LogP contribution in [0.1, 0.15) is 5.56 Å². The lowest BCUT2D eigenvalue weighted by molar-refractivity contribution is -0.120. The molecule has 0 saturated carbocycles. The molecule has 1 heterocycles. The van der Waals surface area contributed by atoms with E-state index in [0.29, 0.717) is 0 Å². The van der Waals surface area contributed by atoms with Gasteiger partial charge in [-0.2, -0.15) is 0 Å². The van der Waals surface area contributed by atoms with Gasteiger partial charge in [0.15, 0.2) is 0 Å². The van der Waals surface area contributed by atoms with Crippen molar-refractivity contribution in [1.82, 2.24) is 15.0 Å². The highest BCUT2D eigenvalue weighted by Crippen LogP contribution is 2.09. The highest BCUT2D eigenvalue weighted by molar-refractivity contribution is 7.89. The molecule has 2 aromatic rings. The highest BCUT2D eigenvalue weighted by atomic mass is 32.2. The minimum absolute atomic E-state index is 0.103. The number of hydrogen-bond donors (Lipinski definition) is 2. The Morgan fingerprint density at radius 3 is 2.55 bits per heavy atom. The fourth-order valence-corrected chi connectivity index (χ4v) is 2.61. The molecular formula is C14H14FN3O3S. The predicted molar refractivity (Wildman–Crippen MR) is 77.7 cm³/mol. The molecule has 0 unspecified atom stereocenters. The van der Waals surface area contributed by atoms with Gasteiger partial charge < -0.3 is 5.32 Å². The lowest BCUT2D eigenvalue weighted by Gasteiger charge is -2.08. The van der Waals surface area contributed by atoms with E-state index in [-0.39, 0.29) is 11.4 Å². The predicted octanol–water partition coefficient (Wildman–Crippen LogP) is 0.815. The molecule has 0 fully saturated rings. The number of amides is 1. The molecule has 1 aromatic carbocycles. The van der Waals surface area contributed by atoms with Gasteiger partial charge in [0.1, 0.15) is 5.82 Å². The van der Waals surface area contributed by atoms with Crippen LogP contribution in [0.5, 0.6) is 0 Å². The monoisotopic (exact) mass is 323 g/mol. The lowest BCUT2D eigenvalue weighted by atomic mass is 10.3. The average molecular weight is 323 g/mol. The molecule has 8 heteroatoms. The zero-order chi connectivity index (χ0) is 16.0. The van der Waals surface area contributed by atoms with Gasteiger partial charge in [0.25, 0.3) is 0 Å². The van der Waals surface area contributed by atoms with Crippen molar-refractivity contribution in [2.45, 2.75) is 11.4 Å². The Kier molecular flexibility index (Phi) is 5.18. The zero-order valence-corrected chi connectivity index (χ0v) is 12.3. The third-order valence-corrected chi connectivity index (χ3v) is 4.18. The fourth-order valence-electron chi connectivity index (χ4n) is 1.62. The first kappa shape index (κ1) is 16.1. The van der Waals surface area contributed by atoms with Crippen molar-refractivity contribution in [3.63, 3.8) is 0 Å². The van der Waals surface area contributed by atoms with Crippen LogP contribution in [-0.2, 0) is 21.4 Å². The quantitative estimate of drug-likeness (QED) is 0.824. The SMILES string of the molecule is O=C(CNS(=O)(=O)c1ccc(F)cc1)NCc1cccnc1. The number of rotatable bonds is 6. The molecule has 1 amide bonds. The van der Waals surface area contributed by atoms with Crippen LogP contribution in [0.2, 0.25) is 0 Å². The number of carbonyl (C=O) groups is 1. The number of aromatic nitrogens is 1. The summed E-state index contributed by atoms with van der Waals surface area (Å²) < 4.78 is 38.7. The van der Waals surface area contributed by atoms with E-state index < -0.39 is 28.3 Å². The van der Waals surface area contributed by atoms with Gasteiger partial charge >= 0.3 is 0 Å². The Bertz CT molecular complexity index is 734. The third-order valence-electron chi connectivity index (χ3n) is 2.76. The second-order valence-corrected chi connectivity index (χ2v) is 6.18. The second kappa shape index (κ2) is 7.10. The van der Waals surface area contributed by atoms with Gasteiger partial charge in [-0.15, -0.1) is 0 Å².